The summed E-state index contributed by atoms with van der Waals surface area (Å²) in [5.41, 5.74) is 1.69. The molecule has 1 nitrogen and oxygen atoms in total. The molecule has 1 N–H and O–H groups in total. The summed E-state index contributed by atoms with van der Waals surface area (Å²) in [4.78, 5) is 1.68. The highest BCUT2D eigenvalue weighted by Crippen LogP contribution is 2.42. The Hall–Kier alpha value is -0.340. The standard InChI is InChI=1S/C19H31NS/c1-3-11-20-19(15-7-4-6-14(2)13-15)17-8-5-9-18-16(17)10-12-21-18/h10,12,14-15,17,19-20H,3-9,11,13H2,1-2H3. The number of hydrogen-bond acceptors (Lipinski definition) is 2. The summed E-state index contributed by atoms with van der Waals surface area (Å²) in [6, 6.07) is 3.15. The first-order valence-electron chi connectivity index (χ1n) is 9.09. The van der Waals surface area contributed by atoms with Crippen LogP contribution in [0.3, 0.4) is 0 Å². The Morgan fingerprint density at radius 2 is 2.19 bits per heavy atom. The summed E-state index contributed by atoms with van der Waals surface area (Å²) in [6.07, 6.45) is 11.2. The molecular weight excluding hydrogens is 274 g/mol. The molecule has 118 valence electrons. The summed E-state index contributed by atoms with van der Waals surface area (Å²) in [6.45, 7) is 5.94. The lowest BCUT2D eigenvalue weighted by Gasteiger charge is -2.40. The van der Waals surface area contributed by atoms with E-state index >= 15 is 0 Å². The molecular formula is C19H31NS. The van der Waals surface area contributed by atoms with E-state index in [0.717, 1.165) is 23.8 Å². The van der Waals surface area contributed by atoms with E-state index in [1.165, 1.54) is 57.9 Å². The van der Waals surface area contributed by atoms with Gasteiger partial charge in [0.2, 0.25) is 0 Å². The van der Waals surface area contributed by atoms with Gasteiger partial charge >= 0.3 is 0 Å². The van der Waals surface area contributed by atoms with Crippen LogP contribution in [0.5, 0.6) is 0 Å². The van der Waals surface area contributed by atoms with Gasteiger partial charge in [0.25, 0.3) is 0 Å². The molecule has 0 saturated heterocycles. The zero-order chi connectivity index (χ0) is 14.7. The number of hydrogen-bond donors (Lipinski definition) is 1. The highest BCUT2D eigenvalue weighted by atomic mass is 32.1. The average molecular weight is 306 g/mol. The molecule has 3 rings (SSSR count). The number of aryl methyl sites for hydroxylation is 1. The van der Waals surface area contributed by atoms with Crippen LogP contribution >= 0.6 is 11.3 Å². The molecule has 1 aromatic heterocycles. The summed E-state index contributed by atoms with van der Waals surface area (Å²) >= 11 is 1.99. The first-order valence-corrected chi connectivity index (χ1v) is 9.97. The molecule has 2 aliphatic carbocycles. The van der Waals surface area contributed by atoms with Gasteiger partial charge < -0.3 is 5.32 Å². The second-order valence-electron chi connectivity index (χ2n) is 7.31. The quantitative estimate of drug-likeness (QED) is 0.772. The lowest BCUT2D eigenvalue weighted by Crippen LogP contribution is -2.44. The molecule has 4 atom stereocenters. The zero-order valence-electron chi connectivity index (χ0n) is 13.7. The van der Waals surface area contributed by atoms with Crippen molar-refractivity contribution in [2.75, 3.05) is 6.54 Å². The first kappa shape index (κ1) is 15.6. The van der Waals surface area contributed by atoms with Crippen molar-refractivity contribution in [2.45, 2.75) is 77.2 Å². The van der Waals surface area contributed by atoms with Gasteiger partial charge in [-0.2, -0.15) is 0 Å². The first-order chi connectivity index (χ1) is 10.3. The van der Waals surface area contributed by atoms with Crippen molar-refractivity contribution in [1.82, 2.24) is 5.32 Å². The van der Waals surface area contributed by atoms with Gasteiger partial charge in [0, 0.05) is 16.8 Å². The Balaban J connectivity index is 1.79. The van der Waals surface area contributed by atoms with Gasteiger partial charge in [0.05, 0.1) is 0 Å². The van der Waals surface area contributed by atoms with E-state index in [0.29, 0.717) is 0 Å². The SMILES string of the molecule is CCCNC(C1CCCC(C)C1)C1CCCc2sccc21. The van der Waals surface area contributed by atoms with E-state index in [1.54, 1.807) is 10.4 Å². The van der Waals surface area contributed by atoms with E-state index < -0.39 is 0 Å². The van der Waals surface area contributed by atoms with Gasteiger partial charge in [0.15, 0.2) is 0 Å². The molecule has 1 fully saturated rings. The molecule has 1 aromatic rings. The fourth-order valence-corrected chi connectivity index (χ4v) is 5.65. The van der Waals surface area contributed by atoms with Crippen molar-refractivity contribution in [3.05, 3.63) is 21.9 Å². The van der Waals surface area contributed by atoms with Crippen LogP contribution in [0.1, 0.15) is 75.2 Å². The Morgan fingerprint density at radius 1 is 1.29 bits per heavy atom. The number of thiophene rings is 1. The van der Waals surface area contributed by atoms with Gasteiger partial charge in [-0.1, -0.05) is 26.7 Å². The third kappa shape index (κ3) is 3.53. The summed E-state index contributed by atoms with van der Waals surface area (Å²) in [5.74, 6) is 2.61. The molecule has 0 amide bonds. The minimum atomic E-state index is 0.723. The van der Waals surface area contributed by atoms with Crippen LogP contribution in [0.4, 0.5) is 0 Å². The third-order valence-electron chi connectivity index (χ3n) is 5.65. The normalized spacial score (nSPS) is 30.9. The van der Waals surface area contributed by atoms with Crippen LogP contribution in [-0.4, -0.2) is 12.6 Å². The Labute approximate surface area is 134 Å². The van der Waals surface area contributed by atoms with Gasteiger partial charge in [0.1, 0.15) is 0 Å². The second-order valence-corrected chi connectivity index (χ2v) is 8.31. The highest BCUT2D eigenvalue weighted by molar-refractivity contribution is 7.10. The fourth-order valence-electron chi connectivity index (χ4n) is 4.65. The monoisotopic (exact) mass is 305 g/mol. The largest absolute Gasteiger partial charge is 0.313 e. The summed E-state index contributed by atoms with van der Waals surface area (Å²) in [5, 5.41) is 6.29. The molecule has 4 unspecified atom stereocenters. The van der Waals surface area contributed by atoms with Gasteiger partial charge in [-0.15, -0.1) is 11.3 Å². The topological polar surface area (TPSA) is 12.0 Å². The van der Waals surface area contributed by atoms with Gasteiger partial charge in [-0.05, 0) is 73.9 Å². The Bertz CT molecular complexity index is 439. The molecule has 0 radical (unpaired) electrons. The van der Waals surface area contributed by atoms with Crippen molar-refractivity contribution in [3.8, 4) is 0 Å². The molecule has 2 aliphatic rings. The molecule has 1 saturated carbocycles. The molecule has 0 aromatic carbocycles. The van der Waals surface area contributed by atoms with Crippen molar-refractivity contribution >= 4 is 11.3 Å². The number of nitrogens with one attached hydrogen (secondary N) is 1. The van der Waals surface area contributed by atoms with Crippen molar-refractivity contribution in [3.63, 3.8) is 0 Å². The third-order valence-corrected chi connectivity index (χ3v) is 6.64. The molecule has 1 heterocycles. The maximum atomic E-state index is 3.96. The Kier molecular flexibility index (Phi) is 5.39. The lowest BCUT2D eigenvalue weighted by atomic mass is 9.71. The van der Waals surface area contributed by atoms with E-state index in [1.807, 2.05) is 11.3 Å². The maximum absolute atomic E-state index is 3.96. The van der Waals surface area contributed by atoms with E-state index in [9.17, 15) is 0 Å². The lowest BCUT2D eigenvalue weighted by molar-refractivity contribution is 0.194. The van der Waals surface area contributed by atoms with Gasteiger partial charge in [-0.3, -0.25) is 0 Å². The van der Waals surface area contributed by atoms with E-state index in [4.69, 9.17) is 0 Å². The van der Waals surface area contributed by atoms with Crippen molar-refractivity contribution in [2.24, 2.45) is 11.8 Å². The van der Waals surface area contributed by atoms with Crippen LogP contribution in [0.15, 0.2) is 11.4 Å². The van der Waals surface area contributed by atoms with Crippen molar-refractivity contribution in [1.29, 1.82) is 0 Å². The van der Waals surface area contributed by atoms with Crippen LogP contribution in [0, 0.1) is 11.8 Å². The van der Waals surface area contributed by atoms with Gasteiger partial charge in [-0.25, -0.2) is 0 Å². The number of rotatable bonds is 5. The smallest absolute Gasteiger partial charge is 0.0164 e. The van der Waals surface area contributed by atoms with E-state index in [2.05, 4.69) is 30.6 Å². The fraction of sp³-hybridized carbons (Fsp3) is 0.789. The maximum Gasteiger partial charge on any atom is 0.0164 e. The molecule has 0 aliphatic heterocycles. The van der Waals surface area contributed by atoms with Crippen LogP contribution < -0.4 is 5.32 Å². The predicted molar refractivity (Wildman–Crippen MR) is 93.2 cm³/mol. The second kappa shape index (κ2) is 7.28. The molecule has 21 heavy (non-hydrogen) atoms. The van der Waals surface area contributed by atoms with Crippen LogP contribution in [-0.2, 0) is 6.42 Å². The Morgan fingerprint density at radius 3 is 3.00 bits per heavy atom. The minimum Gasteiger partial charge on any atom is -0.313 e. The molecule has 0 bridgehead atoms. The van der Waals surface area contributed by atoms with E-state index in [-0.39, 0.29) is 0 Å². The minimum absolute atomic E-state index is 0.723. The number of fused-ring (bicyclic) bond motifs is 1. The highest BCUT2D eigenvalue weighted by Gasteiger charge is 2.35. The molecule has 2 heteroatoms. The average Bonchev–Trinajstić information content (AvgIpc) is 2.97. The van der Waals surface area contributed by atoms with Crippen LogP contribution in [0.2, 0.25) is 0 Å². The van der Waals surface area contributed by atoms with Crippen LogP contribution in [0.25, 0.3) is 0 Å². The van der Waals surface area contributed by atoms with Crippen molar-refractivity contribution < 1.29 is 0 Å². The summed E-state index contributed by atoms with van der Waals surface area (Å²) in [7, 11) is 0. The molecule has 0 spiro atoms. The predicted octanol–water partition coefficient (Wildman–Crippen LogP) is 5.36. The summed E-state index contributed by atoms with van der Waals surface area (Å²) < 4.78 is 0. The zero-order valence-corrected chi connectivity index (χ0v) is 14.6.